The molecule has 1 amide bonds. The molecule has 5 rings (SSSR count). The van der Waals surface area contributed by atoms with Crippen LogP contribution in [-0.4, -0.2) is 57.3 Å². The number of halogens is 1. The lowest BCUT2D eigenvalue weighted by Gasteiger charge is -2.35. The number of amides is 1. The highest BCUT2D eigenvalue weighted by atomic mass is 19.1. The van der Waals surface area contributed by atoms with E-state index in [2.05, 4.69) is 20.6 Å². The van der Waals surface area contributed by atoms with Crippen LogP contribution in [0.2, 0.25) is 0 Å². The summed E-state index contributed by atoms with van der Waals surface area (Å²) < 4.78 is 25.7. The van der Waals surface area contributed by atoms with E-state index in [1.54, 1.807) is 31.3 Å². The van der Waals surface area contributed by atoms with Crippen LogP contribution in [0.15, 0.2) is 66.9 Å². The minimum absolute atomic E-state index is 0.000768. The fraction of sp³-hybridized carbons (Fsp3) is 0.333. The summed E-state index contributed by atoms with van der Waals surface area (Å²) in [6.45, 7) is 4.39. The summed E-state index contributed by atoms with van der Waals surface area (Å²) in [4.78, 5) is 29.8. The van der Waals surface area contributed by atoms with Crippen LogP contribution in [0.5, 0.6) is 0 Å². The Bertz CT molecular complexity index is 1460. The van der Waals surface area contributed by atoms with Crippen LogP contribution in [-0.2, 0) is 14.3 Å². The lowest BCUT2D eigenvalue weighted by atomic mass is 9.91. The normalized spacial score (nSPS) is 19.5. The van der Waals surface area contributed by atoms with Crippen LogP contribution in [0.4, 0.5) is 10.3 Å². The molecule has 0 aliphatic carbocycles. The molecule has 1 atom stereocenters. The Labute approximate surface area is 237 Å². The van der Waals surface area contributed by atoms with E-state index in [1.165, 1.54) is 12.1 Å². The van der Waals surface area contributed by atoms with Crippen LogP contribution in [0, 0.1) is 11.2 Å². The number of aromatic nitrogens is 4. The number of imidazole rings is 1. The van der Waals surface area contributed by atoms with E-state index in [4.69, 9.17) is 24.5 Å². The first-order valence-electron chi connectivity index (χ1n) is 13.5. The van der Waals surface area contributed by atoms with Gasteiger partial charge in [-0.2, -0.15) is 0 Å². The highest BCUT2D eigenvalue weighted by Gasteiger charge is 2.40. The Morgan fingerprint density at radius 3 is 2.56 bits per heavy atom. The van der Waals surface area contributed by atoms with Gasteiger partial charge in [0.25, 0.3) is 0 Å². The van der Waals surface area contributed by atoms with Crippen LogP contribution < -0.4 is 10.6 Å². The van der Waals surface area contributed by atoms with E-state index in [-0.39, 0.29) is 37.6 Å². The van der Waals surface area contributed by atoms with E-state index in [9.17, 15) is 9.18 Å². The Hall–Kier alpha value is -4.19. The minimum Gasteiger partial charge on any atom is -0.396 e. The largest absolute Gasteiger partial charge is 0.396 e. The lowest BCUT2D eigenvalue weighted by Crippen LogP contribution is -2.48. The first-order valence-corrected chi connectivity index (χ1v) is 13.5. The Morgan fingerprint density at radius 2 is 1.85 bits per heavy atom. The number of aromatic amines is 1. The van der Waals surface area contributed by atoms with Gasteiger partial charge in [-0.05, 0) is 56.2 Å². The molecule has 0 spiro atoms. The number of aliphatic hydroxyl groups excluding tert-OH is 1. The molecule has 10 nitrogen and oxygen atoms in total. The molecule has 2 aromatic heterocycles. The van der Waals surface area contributed by atoms with E-state index in [1.807, 2.05) is 37.3 Å². The lowest BCUT2D eigenvalue weighted by molar-refractivity contribution is -0.231. The summed E-state index contributed by atoms with van der Waals surface area (Å²) in [7, 11) is 0. The van der Waals surface area contributed by atoms with Gasteiger partial charge in [0.1, 0.15) is 5.82 Å². The van der Waals surface area contributed by atoms with Crippen molar-refractivity contribution in [2.45, 2.75) is 32.6 Å². The monoisotopic (exact) mass is 560 g/mol. The van der Waals surface area contributed by atoms with Crippen molar-refractivity contribution < 1.29 is 23.8 Å². The number of nitrogens with one attached hydrogen (secondary N) is 3. The zero-order valence-corrected chi connectivity index (χ0v) is 22.9. The third-order valence-electron chi connectivity index (χ3n) is 6.90. The van der Waals surface area contributed by atoms with Crippen molar-refractivity contribution in [2.75, 3.05) is 31.7 Å². The summed E-state index contributed by atoms with van der Waals surface area (Å²) in [5.41, 5.74) is 2.60. The molecule has 0 radical (unpaired) electrons. The average molecular weight is 561 g/mol. The second-order valence-electron chi connectivity index (χ2n) is 10.2. The highest BCUT2D eigenvalue weighted by molar-refractivity contribution is 5.82. The molecule has 11 heteroatoms. The summed E-state index contributed by atoms with van der Waals surface area (Å²) in [5, 5.41) is 15.1. The molecule has 4 aromatic rings. The van der Waals surface area contributed by atoms with E-state index < -0.39 is 11.7 Å². The number of rotatable bonds is 10. The van der Waals surface area contributed by atoms with Crippen molar-refractivity contribution in [3.05, 3.63) is 84.1 Å². The van der Waals surface area contributed by atoms with Gasteiger partial charge < -0.3 is 30.2 Å². The maximum absolute atomic E-state index is 13.7. The fourth-order valence-corrected chi connectivity index (χ4v) is 4.48. The van der Waals surface area contributed by atoms with Crippen molar-refractivity contribution in [3.63, 3.8) is 0 Å². The fourth-order valence-electron chi connectivity index (χ4n) is 4.48. The number of hydrogen-bond acceptors (Lipinski definition) is 8. The number of aliphatic hydroxyl groups is 1. The van der Waals surface area contributed by atoms with Gasteiger partial charge in [-0.1, -0.05) is 30.3 Å². The molecular formula is C30H33FN6O4. The zero-order chi connectivity index (χ0) is 28.8. The predicted molar refractivity (Wildman–Crippen MR) is 151 cm³/mol. The number of H-pyrrole nitrogens is 1. The van der Waals surface area contributed by atoms with Crippen LogP contribution in [0.25, 0.3) is 22.6 Å². The molecule has 4 N–H and O–H groups in total. The molecule has 1 unspecified atom stereocenters. The maximum Gasteiger partial charge on any atom is 0.230 e. The standard InChI is InChI=1S/C30H33FN6O4/c1-19(20-7-4-3-5-8-20)34-29-33-15-13-23(35-29)25-24(21-9-11-22(31)12-10-21)36-26(37-25)27-40-17-30(2,18-41-27)28(39)32-14-6-16-38/h3-5,7-13,15,19,27,38H,6,14,16-18H2,1-2H3,(H,32,39)(H,36,37)(H,33,34,35). The second kappa shape index (κ2) is 12.5. The number of nitrogens with zero attached hydrogens (tertiary/aromatic N) is 3. The SMILES string of the molecule is CC(Nc1nccc(-c2[nH]c(C3OCC(C)(C(=O)NCCCO)CO3)nc2-c2ccc(F)cc2)n1)c1ccccc1. The molecule has 0 bridgehead atoms. The molecule has 1 aliphatic heterocycles. The van der Waals surface area contributed by atoms with Gasteiger partial charge in [-0.25, -0.2) is 19.3 Å². The van der Waals surface area contributed by atoms with Gasteiger partial charge in [-0.15, -0.1) is 0 Å². The number of anilines is 1. The summed E-state index contributed by atoms with van der Waals surface area (Å²) >= 11 is 0. The Kier molecular flexibility index (Phi) is 8.67. The Balaban J connectivity index is 1.40. The second-order valence-corrected chi connectivity index (χ2v) is 10.2. The van der Waals surface area contributed by atoms with Crippen LogP contribution in [0.3, 0.4) is 0 Å². The first-order chi connectivity index (χ1) is 19.9. The van der Waals surface area contributed by atoms with Crippen molar-refractivity contribution in [1.29, 1.82) is 0 Å². The van der Waals surface area contributed by atoms with Crippen molar-refractivity contribution in [2.24, 2.45) is 5.41 Å². The quantitative estimate of drug-likeness (QED) is 0.210. The van der Waals surface area contributed by atoms with Crippen molar-refractivity contribution >= 4 is 11.9 Å². The Morgan fingerprint density at radius 1 is 1.12 bits per heavy atom. The van der Waals surface area contributed by atoms with E-state index in [0.29, 0.717) is 47.4 Å². The molecule has 2 aromatic carbocycles. The van der Waals surface area contributed by atoms with E-state index in [0.717, 1.165) is 5.56 Å². The average Bonchev–Trinajstić information content (AvgIpc) is 3.44. The third kappa shape index (κ3) is 6.59. The van der Waals surface area contributed by atoms with Gasteiger partial charge in [0.05, 0.1) is 41.8 Å². The van der Waals surface area contributed by atoms with Crippen molar-refractivity contribution in [3.8, 4) is 22.6 Å². The number of ether oxygens (including phenoxy) is 2. The molecule has 0 saturated carbocycles. The summed E-state index contributed by atoms with van der Waals surface area (Å²) in [5.74, 6) is 0.272. The summed E-state index contributed by atoms with van der Waals surface area (Å²) in [6, 6.07) is 17.8. The number of carbonyl (C=O) groups excluding carboxylic acids is 1. The van der Waals surface area contributed by atoms with Crippen molar-refractivity contribution in [1.82, 2.24) is 25.3 Å². The molecule has 1 saturated heterocycles. The number of carbonyl (C=O) groups is 1. The van der Waals surface area contributed by atoms with Crippen LogP contribution in [0.1, 0.15) is 44.0 Å². The summed E-state index contributed by atoms with van der Waals surface area (Å²) in [6.07, 6.45) is 1.28. The predicted octanol–water partition coefficient (Wildman–Crippen LogP) is 4.40. The maximum atomic E-state index is 13.7. The van der Waals surface area contributed by atoms with E-state index >= 15 is 0 Å². The molecule has 1 fully saturated rings. The van der Waals surface area contributed by atoms with Crippen LogP contribution >= 0.6 is 0 Å². The smallest absolute Gasteiger partial charge is 0.230 e. The number of benzene rings is 2. The van der Waals surface area contributed by atoms with Gasteiger partial charge in [0.15, 0.2) is 5.82 Å². The van der Waals surface area contributed by atoms with Gasteiger partial charge in [0, 0.05) is 24.9 Å². The molecule has 3 heterocycles. The third-order valence-corrected chi connectivity index (χ3v) is 6.90. The van der Waals surface area contributed by atoms with Gasteiger partial charge in [-0.3, -0.25) is 4.79 Å². The first kappa shape index (κ1) is 28.3. The molecule has 1 aliphatic rings. The molecular weight excluding hydrogens is 527 g/mol. The van der Waals surface area contributed by atoms with Gasteiger partial charge >= 0.3 is 0 Å². The highest BCUT2D eigenvalue weighted by Crippen LogP contribution is 2.35. The molecule has 41 heavy (non-hydrogen) atoms. The minimum atomic E-state index is -0.885. The van der Waals surface area contributed by atoms with Gasteiger partial charge in [0.2, 0.25) is 18.1 Å². The molecule has 214 valence electrons. The topological polar surface area (TPSA) is 134 Å². The number of hydrogen-bond donors (Lipinski definition) is 4. The zero-order valence-electron chi connectivity index (χ0n) is 22.9.